The third kappa shape index (κ3) is 2.82. The lowest BCUT2D eigenvalue weighted by Gasteiger charge is -2.31. The van der Waals surface area contributed by atoms with Gasteiger partial charge in [0.2, 0.25) is 11.8 Å². The number of nitrogens with one attached hydrogen (secondary N) is 1. The summed E-state index contributed by atoms with van der Waals surface area (Å²) in [6, 6.07) is 0. The Labute approximate surface area is 113 Å². The van der Waals surface area contributed by atoms with Crippen LogP contribution in [0.15, 0.2) is 0 Å². The lowest BCUT2D eigenvalue weighted by molar-refractivity contribution is -0.138. The standard InChI is InChI=1S/C13H22N2O2S/c1-18-10-4-8-15-9-5-11(16)14-13(12(15)17)6-2-3-7-13/h2-10H2,1H3,(H,14,16). The first-order valence-electron chi connectivity index (χ1n) is 6.77. The Morgan fingerprint density at radius 3 is 2.72 bits per heavy atom. The van der Waals surface area contributed by atoms with Crippen LogP contribution in [0, 0.1) is 0 Å². The second-order valence-corrected chi connectivity index (χ2v) is 6.21. The van der Waals surface area contributed by atoms with Gasteiger partial charge in [0, 0.05) is 19.5 Å². The van der Waals surface area contributed by atoms with Crippen molar-refractivity contribution in [2.45, 2.75) is 44.1 Å². The molecule has 0 aromatic carbocycles. The van der Waals surface area contributed by atoms with Crippen LogP contribution >= 0.6 is 11.8 Å². The van der Waals surface area contributed by atoms with Gasteiger partial charge in [0.1, 0.15) is 5.54 Å². The van der Waals surface area contributed by atoms with Crippen LogP contribution < -0.4 is 5.32 Å². The van der Waals surface area contributed by atoms with E-state index >= 15 is 0 Å². The van der Waals surface area contributed by atoms with Crippen LogP contribution in [0.2, 0.25) is 0 Å². The lowest BCUT2D eigenvalue weighted by atomic mass is 9.96. The first-order valence-corrected chi connectivity index (χ1v) is 8.17. The Hall–Kier alpha value is -0.710. The minimum absolute atomic E-state index is 0.0395. The van der Waals surface area contributed by atoms with Crippen LogP contribution in [0.4, 0.5) is 0 Å². The highest BCUT2D eigenvalue weighted by molar-refractivity contribution is 7.98. The van der Waals surface area contributed by atoms with Gasteiger partial charge in [0.15, 0.2) is 0 Å². The Morgan fingerprint density at radius 1 is 1.33 bits per heavy atom. The predicted molar refractivity (Wildman–Crippen MR) is 73.5 cm³/mol. The maximum absolute atomic E-state index is 12.6. The number of nitrogens with zero attached hydrogens (tertiary/aromatic N) is 1. The third-order valence-electron chi connectivity index (χ3n) is 3.92. The molecule has 1 aliphatic carbocycles. The number of amides is 2. The largest absolute Gasteiger partial charge is 0.342 e. The molecule has 2 amide bonds. The van der Waals surface area contributed by atoms with Gasteiger partial charge in [-0.1, -0.05) is 12.8 Å². The summed E-state index contributed by atoms with van der Waals surface area (Å²) in [4.78, 5) is 26.3. The molecule has 1 saturated heterocycles. The quantitative estimate of drug-likeness (QED) is 0.786. The van der Waals surface area contributed by atoms with Gasteiger partial charge in [-0.25, -0.2) is 0 Å². The van der Waals surface area contributed by atoms with E-state index in [1.807, 2.05) is 4.90 Å². The Balaban J connectivity index is 2.06. The molecule has 0 radical (unpaired) electrons. The average Bonchev–Trinajstić information content (AvgIpc) is 2.78. The normalized spacial score (nSPS) is 23.3. The molecule has 2 rings (SSSR count). The molecule has 18 heavy (non-hydrogen) atoms. The maximum Gasteiger partial charge on any atom is 0.248 e. The van der Waals surface area contributed by atoms with E-state index in [0.29, 0.717) is 13.0 Å². The number of thioether (sulfide) groups is 1. The van der Waals surface area contributed by atoms with Crippen LogP contribution in [-0.2, 0) is 9.59 Å². The molecular formula is C13H22N2O2S. The zero-order chi connectivity index (χ0) is 13.0. The number of hydrogen-bond donors (Lipinski definition) is 1. The summed E-state index contributed by atoms with van der Waals surface area (Å²) in [6.07, 6.45) is 7.26. The zero-order valence-corrected chi connectivity index (χ0v) is 11.9. The monoisotopic (exact) mass is 270 g/mol. The van der Waals surface area contributed by atoms with Gasteiger partial charge in [-0.3, -0.25) is 9.59 Å². The topological polar surface area (TPSA) is 49.4 Å². The molecule has 1 heterocycles. The third-order valence-corrected chi connectivity index (χ3v) is 4.61. The number of carbonyl (C=O) groups is 2. The van der Waals surface area contributed by atoms with Crippen molar-refractivity contribution in [3.05, 3.63) is 0 Å². The number of rotatable bonds is 4. The minimum atomic E-state index is -0.563. The van der Waals surface area contributed by atoms with Crippen molar-refractivity contribution in [1.82, 2.24) is 10.2 Å². The highest BCUT2D eigenvalue weighted by Gasteiger charge is 2.46. The Morgan fingerprint density at radius 2 is 2.06 bits per heavy atom. The summed E-state index contributed by atoms with van der Waals surface area (Å²) in [5, 5.41) is 2.99. The summed E-state index contributed by atoms with van der Waals surface area (Å²) >= 11 is 1.80. The van der Waals surface area contributed by atoms with Crippen molar-refractivity contribution < 1.29 is 9.59 Å². The summed E-state index contributed by atoms with van der Waals surface area (Å²) in [5.74, 6) is 1.27. The fourth-order valence-electron chi connectivity index (χ4n) is 2.95. The van der Waals surface area contributed by atoms with Crippen molar-refractivity contribution in [1.29, 1.82) is 0 Å². The van der Waals surface area contributed by atoms with Gasteiger partial charge in [-0.2, -0.15) is 11.8 Å². The number of carbonyl (C=O) groups excluding carboxylic acids is 2. The first kappa shape index (κ1) is 13.7. The van der Waals surface area contributed by atoms with Gasteiger partial charge in [-0.05, 0) is 31.3 Å². The Bertz CT molecular complexity index is 327. The van der Waals surface area contributed by atoms with Gasteiger partial charge < -0.3 is 10.2 Å². The van der Waals surface area contributed by atoms with Crippen LogP contribution in [0.3, 0.4) is 0 Å². The molecule has 1 aliphatic heterocycles. The first-order chi connectivity index (χ1) is 8.68. The van der Waals surface area contributed by atoms with Crippen molar-refractivity contribution in [2.24, 2.45) is 0 Å². The van der Waals surface area contributed by atoms with E-state index in [9.17, 15) is 9.59 Å². The molecule has 1 spiro atoms. The lowest BCUT2D eigenvalue weighted by Crippen LogP contribution is -2.55. The Kier molecular flexibility index (Phi) is 4.54. The predicted octanol–water partition coefficient (Wildman–Crippen LogP) is 1.40. The molecule has 0 unspecified atom stereocenters. The SMILES string of the molecule is CSCCCN1CCC(=O)NC2(CCCC2)C1=O. The molecule has 0 atom stereocenters. The molecule has 2 aliphatic rings. The molecule has 1 saturated carbocycles. The molecule has 5 heteroatoms. The minimum Gasteiger partial charge on any atom is -0.342 e. The second-order valence-electron chi connectivity index (χ2n) is 5.23. The van der Waals surface area contributed by atoms with Crippen molar-refractivity contribution in [3.63, 3.8) is 0 Å². The van der Waals surface area contributed by atoms with Gasteiger partial charge >= 0.3 is 0 Å². The second kappa shape index (κ2) is 5.95. The number of hydrogen-bond acceptors (Lipinski definition) is 3. The molecule has 4 nitrogen and oxygen atoms in total. The molecule has 0 bridgehead atoms. The summed E-state index contributed by atoms with van der Waals surface area (Å²) < 4.78 is 0. The zero-order valence-electron chi connectivity index (χ0n) is 11.0. The van der Waals surface area contributed by atoms with Gasteiger partial charge in [-0.15, -0.1) is 0 Å². The van der Waals surface area contributed by atoms with Crippen molar-refractivity contribution >= 4 is 23.6 Å². The van der Waals surface area contributed by atoms with Crippen molar-refractivity contribution in [3.8, 4) is 0 Å². The van der Waals surface area contributed by atoms with Crippen molar-refractivity contribution in [2.75, 3.05) is 25.1 Å². The van der Waals surface area contributed by atoms with Crippen LogP contribution in [-0.4, -0.2) is 47.4 Å². The van der Waals surface area contributed by atoms with E-state index in [0.717, 1.165) is 44.4 Å². The fraction of sp³-hybridized carbons (Fsp3) is 0.846. The van der Waals surface area contributed by atoms with Crippen LogP contribution in [0.25, 0.3) is 0 Å². The highest BCUT2D eigenvalue weighted by atomic mass is 32.2. The van der Waals surface area contributed by atoms with Crippen LogP contribution in [0.5, 0.6) is 0 Å². The summed E-state index contributed by atoms with van der Waals surface area (Å²) in [6.45, 7) is 1.37. The highest BCUT2D eigenvalue weighted by Crippen LogP contribution is 2.33. The van der Waals surface area contributed by atoms with Gasteiger partial charge in [0.25, 0.3) is 0 Å². The summed E-state index contributed by atoms with van der Waals surface area (Å²) in [7, 11) is 0. The van der Waals surface area contributed by atoms with E-state index in [-0.39, 0.29) is 11.8 Å². The van der Waals surface area contributed by atoms with E-state index in [4.69, 9.17) is 0 Å². The van der Waals surface area contributed by atoms with E-state index < -0.39 is 5.54 Å². The van der Waals surface area contributed by atoms with Gasteiger partial charge in [0.05, 0.1) is 0 Å². The van der Waals surface area contributed by atoms with E-state index in [2.05, 4.69) is 11.6 Å². The molecule has 102 valence electrons. The summed E-state index contributed by atoms with van der Waals surface area (Å²) in [5.41, 5.74) is -0.563. The van der Waals surface area contributed by atoms with E-state index in [1.165, 1.54) is 0 Å². The molecule has 1 N–H and O–H groups in total. The molecular weight excluding hydrogens is 248 g/mol. The smallest absolute Gasteiger partial charge is 0.248 e. The van der Waals surface area contributed by atoms with Crippen LogP contribution in [0.1, 0.15) is 38.5 Å². The maximum atomic E-state index is 12.6. The molecule has 0 aromatic rings. The fourth-order valence-corrected chi connectivity index (χ4v) is 3.37. The molecule has 0 aromatic heterocycles. The van der Waals surface area contributed by atoms with E-state index in [1.54, 1.807) is 11.8 Å². The molecule has 2 fully saturated rings. The average molecular weight is 270 g/mol.